The van der Waals surface area contributed by atoms with Gasteiger partial charge in [0.2, 0.25) is 0 Å². The highest BCUT2D eigenvalue weighted by molar-refractivity contribution is 5.25. The summed E-state index contributed by atoms with van der Waals surface area (Å²) in [5.41, 5.74) is 4.39. The van der Waals surface area contributed by atoms with Crippen molar-refractivity contribution in [2.45, 2.75) is 52.0 Å². The van der Waals surface area contributed by atoms with Crippen molar-refractivity contribution in [2.75, 3.05) is 0 Å². The van der Waals surface area contributed by atoms with E-state index in [0.717, 1.165) is 18.4 Å². The van der Waals surface area contributed by atoms with E-state index in [1.54, 1.807) is 19.1 Å². The summed E-state index contributed by atoms with van der Waals surface area (Å²) >= 11 is 0. The molecule has 0 aliphatic carbocycles. The second-order valence-corrected chi connectivity index (χ2v) is 4.58. The quantitative estimate of drug-likeness (QED) is 0.432. The third-order valence-corrected chi connectivity index (χ3v) is 3.15. The highest BCUT2D eigenvalue weighted by atomic mass is 19.1. The molecule has 0 aliphatic heterocycles. The molecule has 96 valence electrons. The Morgan fingerprint density at radius 1 is 1.29 bits per heavy atom. The predicted octanol–water partition coefficient (Wildman–Crippen LogP) is 3.61. The molecule has 0 radical (unpaired) electrons. The van der Waals surface area contributed by atoms with Crippen molar-refractivity contribution in [3.63, 3.8) is 0 Å². The predicted molar refractivity (Wildman–Crippen MR) is 70.0 cm³/mol. The van der Waals surface area contributed by atoms with Crippen LogP contribution in [0.25, 0.3) is 0 Å². The molecule has 2 nitrogen and oxygen atoms in total. The summed E-state index contributed by atoms with van der Waals surface area (Å²) in [6.45, 7) is 3.96. The fourth-order valence-electron chi connectivity index (χ4n) is 1.95. The fourth-order valence-corrected chi connectivity index (χ4v) is 1.95. The molecule has 0 spiro atoms. The van der Waals surface area contributed by atoms with E-state index in [1.165, 1.54) is 19.3 Å². The topological polar surface area (TPSA) is 38.0 Å². The van der Waals surface area contributed by atoms with Crippen molar-refractivity contribution >= 4 is 0 Å². The zero-order valence-electron chi connectivity index (χ0n) is 10.8. The molecule has 17 heavy (non-hydrogen) atoms. The second-order valence-electron chi connectivity index (χ2n) is 4.58. The van der Waals surface area contributed by atoms with Gasteiger partial charge in [-0.2, -0.15) is 0 Å². The molecule has 1 unspecified atom stereocenters. The van der Waals surface area contributed by atoms with Gasteiger partial charge in [-0.3, -0.25) is 11.3 Å². The molecular weight excluding hydrogens is 215 g/mol. The van der Waals surface area contributed by atoms with Crippen LogP contribution in [0.2, 0.25) is 0 Å². The summed E-state index contributed by atoms with van der Waals surface area (Å²) in [6, 6.07) is 5.39. The van der Waals surface area contributed by atoms with Gasteiger partial charge in [-0.05, 0) is 30.5 Å². The molecule has 1 rings (SSSR count). The van der Waals surface area contributed by atoms with E-state index in [0.29, 0.717) is 5.56 Å². The van der Waals surface area contributed by atoms with Crippen molar-refractivity contribution in [2.24, 2.45) is 5.84 Å². The summed E-state index contributed by atoms with van der Waals surface area (Å²) < 4.78 is 13.5. The van der Waals surface area contributed by atoms with Crippen LogP contribution in [-0.2, 0) is 0 Å². The highest BCUT2D eigenvalue weighted by Crippen LogP contribution is 2.21. The van der Waals surface area contributed by atoms with E-state index in [4.69, 9.17) is 5.84 Å². The maximum Gasteiger partial charge on any atom is 0.126 e. The molecule has 0 amide bonds. The molecule has 1 aromatic carbocycles. The number of hydrogen-bond donors (Lipinski definition) is 2. The number of benzene rings is 1. The molecule has 1 atom stereocenters. The van der Waals surface area contributed by atoms with Crippen molar-refractivity contribution in [1.29, 1.82) is 0 Å². The maximum absolute atomic E-state index is 13.5. The summed E-state index contributed by atoms with van der Waals surface area (Å²) in [7, 11) is 0. The molecule has 0 saturated heterocycles. The van der Waals surface area contributed by atoms with Crippen LogP contribution in [0.15, 0.2) is 18.2 Å². The Kier molecular flexibility index (Phi) is 6.16. The molecule has 3 N–H and O–H groups in total. The zero-order chi connectivity index (χ0) is 12.7. The molecule has 1 aromatic rings. The van der Waals surface area contributed by atoms with Gasteiger partial charge >= 0.3 is 0 Å². The van der Waals surface area contributed by atoms with E-state index in [1.807, 2.05) is 6.07 Å². The Hall–Kier alpha value is -0.930. The highest BCUT2D eigenvalue weighted by Gasteiger charge is 2.10. The summed E-state index contributed by atoms with van der Waals surface area (Å²) in [5.74, 6) is 5.38. The van der Waals surface area contributed by atoms with Gasteiger partial charge in [-0.15, -0.1) is 0 Å². The Balaban J connectivity index is 2.56. The van der Waals surface area contributed by atoms with E-state index in [9.17, 15) is 4.39 Å². The van der Waals surface area contributed by atoms with Crippen molar-refractivity contribution in [3.05, 3.63) is 35.1 Å². The Morgan fingerprint density at radius 2 is 2.06 bits per heavy atom. The van der Waals surface area contributed by atoms with Crippen LogP contribution in [-0.4, -0.2) is 0 Å². The SMILES string of the molecule is CCCCCCC(NN)c1ccc(C)c(F)c1. The third kappa shape index (κ3) is 4.44. The number of hydrazine groups is 1. The van der Waals surface area contributed by atoms with Crippen LogP contribution in [0.1, 0.15) is 56.2 Å². The Bertz CT molecular complexity index is 339. The van der Waals surface area contributed by atoms with Crippen LogP contribution < -0.4 is 11.3 Å². The van der Waals surface area contributed by atoms with Gasteiger partial charge in [0, 0.05) is 6.04 Å². The molecule has 0 heterocycles. The Labute approximate surface area is 103 Å². The number of aryl methyl sites for hydroxylation is 1. The first-order valence-corrected chi connectivity index (χ1v) is 6.41. The molecule has 0 fully saturated rings. The summed E-state index contributed by atoms with van der Waals surface area (Å²) in [4.78, 5) is 0. The first-order valence-electron chi connectivity index (χ1n) is 6.41. The average Bonchev–Trinajstić information content (AvgIpc) is 2.33. The van der Waals surface area contributed by atoms with Crippen LogP contribution in [0.4, 0.5) is 4.39 Å². The lowest BCUT2D eigenvalue weighted by Gasteiger charge is -2.16. The Morgan fingerprint density at radius 3 is 2.65 bits per heavy atom. The van der Waals surface area contributed by atoms with Crippen LogP contribution >= 0.6 is 0 Å². The lowest BCUT2D eigenvalue weighted by Crippen LogP contribution is -2.28. The van der Waals surface area contributed by atoms with Gasteiger partial charge < -0.3 is 0 Å². The third-order valence-electron chi connectivity index (χ3n) is 3.15. The van der Waals surface area contributed by atoms with E-state index >= 15 is 0 Å². The van der Waals surface area contributed by atoms with Gasteiger partial charge in [0.1, 0.15) is 5.82 Å². The second kappa shape index (κ2) is 7.41. The average molecular weight is 238 g/mol. The molecule has 0 aromatic heterocycles. The minimum atomic E-state index is -0.156. The molecule has 0 saturated carbocycles. The lowest BCUT2D eigenvalue weighted by atomic mass is 9.99. The van der Waals surface area contributed by atoms with Crippen LogP contribution in [0.3, 0.4) is 0 Å². The smallest absolute Gasteiger partial charge is 0.126 e. The van der Waals surface area contributed by atoms with Crippen LogP contribution in [0, 0.1) is 12.7 Å². The normalized spacial score (nSPS) is 12.7. The van der Waals surface area contributed by atoms with Crippen molar-refractivity contribution in [3.8, 4) is 0 Å². The molecule has 0 aliphatic rings. The number of hydrogen-bond acceptors (Lipinski definition) is 2. The van der Waals surface area contributed by atoms with E-state index in [-0.39, 0.29) is 11.9 Å². The van der Waals surface area contributed by atoms with Gasteiger partial charge in [-0.1, -0.05) is 44.7 Å². The van der Waals surface area contributed by atoms with E-state index in [2.05, 4.69) is 12.3 Å². The van der Waals surface area contributed by atoms with Gasteiger partial charge in [0.25, 0.3) is 0 Å². The first-order chi connectivity index (χ1) is 8.19. The van der Waals surface area contributed by atoms with Gasteiger partial charge in [-0.25, -0.2) is 4.39 Å². The first kappa shape index (κ1) is 14.1. The largest absolute Gasteiger partial charge is 0.271 e. The maximum atomic E-state index is 13.5. The van der Waals surface area contributed by atoms with Crippen molar-refractivity contribution in [1.82, 2.24) is 5.43 Å². The monoisotopic (exact) mass is 238 g/mol. The van der Waals surface area contributed by atoms with Crippen LogP contribution in [0.5, 0.6) is 0 Å². The standard InChI is InChI=1S/C14H23FN2/c1-3-4-5-6-7-14(17-16)12-9-8-11(2)13(15)10-12/h8-10,14,17H,3-7,16H2,1-2H3. The molecule has 3 heteroatoms. The van der Waals surface area contributed by atoms with Gasteiger partial charge in [0.15, 0.2) is 0 Å². The number of unbranched alkanes of at least 4 members (excludes halogenated alkanes) is 3. The number of nitrogens with one attached hydrogen (secondary N) is 1. The van der Waals surface area contributed by atoms with E-state index < -0.39 is 0 Å². The lowest BCUT2D eigenvalue weighted by molar-refractivity contribution is 0.479. The summed E-state index contributed by atoms with van der Waals surface area (Å²) in [5, 5.41) is 0. The van der Waals surface area contributed by atoms with Gasteiger partial charge in [0.05, 0.1) is 0 Å². The number of nitrogens with two attached hydrogens (primary N) is 1. The summed E-state index contributed by atoms with van der Waals surface area (Å²) in [6.07, 6.45) is 5.76. The number of rotatable bonds is 7. The number of halogens is 1. The minimum absolute atomic E-state index is 0.0574. The minimum Gasteiger partial charge on any atom is -0.271 e. The van der Waals surface area contributed by atoms with Crippen molar-refractivity contribution < 1.29 is 4.39 Å². The fraction of sp³-hybridized carbons (Fsp3) is 0.571. The molecular formula is C14H23FN2. The zero-order valence-corrected chi connectivity index (χ0v) is 10.8. The molecule has 0 bridgehead atoms.